The zero-order valence-electron chi connectivity index (χ0n) is 26.4. The molecule has 11 heteroatoms. The predicted molar refractivity (Wildman–Crippen MR) is 199 cm³/mol. The maximum atomic E-state index is 13.4. The number of carbonyl (C=O) groups excluding carboxylic acids is 2. The minimum Gasteiger partial charge on any atom is -0.496 e. The fourth-order valence-electron chi connectivity index (χ4n) is 5.74. The summed E-state index contributed by atoms with van der Waals surface area (Å²) in [5.41, 5.74) is 2.43. The molecule has 0 radical (unpaired) electrons. The molecule has 248 valence electrons. The van der Waals surface area contributed by atoms with Gasteiger partial charge in [0.15, 0.2) is 0 Å². The number of ether oxygens (including phenoxy) is 2. The Morgan fingerprint density at radius 1 is 0.571 bits per heavy atom. The van der Waals surface area contributed by atoms with E-state index < -0.39 is 9.84 Å². The molecule has 6 rings (SSSR count). The summed E-state index contributed by atoms with van der Waals surface area (Å²) in [4.78, 5) is 26.2. The van der Waals surface area contributed by atoms with Gasteiger partial charge in [0.1, 0.15) is 11.5 Å². The van der Waals surface area contributed by atoms with Crippen molar-refractivity contribution >= 4 is 86.4 Å². The molecule has 0 saturated heterocycles. The van der Waals surface area contributed by atoms with Crippen LogP contribution >= 0.6 is 31.9 Å². The molecule has 0 aliphatic heterocycles. The van der Waals surface area contributed by atoms with Crippen molar-refractivity contribution in [1.29, 1.82) is 0 Å². The van der Waals surface area contributed by atoms with Crippen molar-refractivity contribution in [2.24, 2.45) is 0 Å². The van der Waals surface area contributed by atoms with Crippen LogP contribution in [-0.4, -0.2) is 34.5 Å². The first-order chi connectivity index (χ1) is 23.5. The predicted octanol–water partition coefficient (Wildman–Crippen LogP) is 8.73. The Bertz CT molecular complexity index is 2170. The molecule has 0 aliphatic carbocycles. The maximum Gasteiger partial charge on any atom is 0.228 e. The lowest BCUT2D eigenvalue weighted by atomic mass is 10.0. The lowest BCUT2D eigenvalue weighted by molar-refractivity contribution is -0.116. The highest BCUT2D eigenvalue weighted by Gasteiger charge is 2.19. The van der Waals surface area contributed by atoms with Gasteiger partial charge in [-0.05, 0) is 106 Å². The molecular weight excluding hydrogens is 772 g/mol. The number of carbonyl (C=O) groups is 2. The molecule has 2 N–H and O–H groups in total. The molecule has 0 saturated carbocycles. The summed E-state index contributed by atoms with van der Waals surface area (Å²) >= 11 is 6.96. The summed E-state index contributed by atoms with van der Waals surface area (Å²) in [6, 6.07) is 31.2. The van der Waals surface area contributed by atoms with Gasteiger partial charge in [-0.15, -0.1) is 0 Å². The summed E-state index contributed by atoms with van der Waals surface area (Å²) < 4.78 is 39.7. The van der Waals surface area contributed by atoms with Crippen LogP contribution in [0.2, 0.25) is 0 Å². The normalized spacial score (nSPS) is 11.3. The van der Waals surface area contributed by atoms with E-state index in [1.165, 1.54) is 24.3 Å². The van der Waals surface area contributed by atoms with Gasteiger partial charge in [-0.25, -0.2) is 8.42 Å². The molecule has 0 atom stereocenters. The topological polar surface area (TPSA) is 111 Å². The molecule has 0 bridgehead atoms. The third-order valence-electron chi connectivity index (χ3n) is 8.11. The van der Waals surface area contributed by atoms with Gasteiger partial charge in [0.25, 0.3) is 0 Å². The first-order valence-electron chi connectivity index (χ1n) is 15.1. The number of methoxy groups -OCH3 is 2. The number of nitrogens with one attached hydrogen (secondary N) is 2. The number of anilines is 2. The molecule has 0 heterocycles. The summed E-state index contributed by atoms with van der Waals surface area (Å²) in [6.07, 6.45) is 0.136. The fourth-order valence-corrected chi connectivity index (χ4v) is 7.76. The van der Waals surface area contributed by atoms with Gasteiger partial charge in [-0.1, -0.05) is 56.1 Å². The molecule has 2 amide bonds. The highest BCUT2D eigenvalue weighted by Crippen LogP contribution is 2.32. The maximum absolute atomic E-state index is 13.4. The Balaban J connectivity index is 1.11. The van der Waals surface area contributed by atoms with Gasteiger partial charge < -0.3 is 20.1 Å². The molecule has 0 aliphatic rings. The van der Waals surface area contributed by atoms with E-state index in [1.54, 1.807) is 38.5 Å². The molecule has 6 aromatic rings. The minimum atomic E-state index is -3.87. The summed E-state index contributed by atoms with van der Waals surface area (Å²) in [7, 11) is -0.738. The van der Waals surface area contributed by atoms with E-state index in [1.807, 2.05) is 60.7 Å². The van der Waals surface area contributed by atoms with Crippen molar-refractivity contribution < 1.29 is 27.5 Å². The van der Waals surface area contributed by atoms with Gasteiger partial charge in [0, 0.05) is 31.4 Å². The van der Waals surface area contributed by atoms with Crippen LogP contribution in [0.4, 0.5) is 11.4 Å². The fraction of sp³-hybridized carbons (Fsp3) is 0.105. The first kappa shape index (κ1) is 34.2. The molecule has 8 nitrogen and oxygen atoms in total. The van der Waals surface area contributed by atoms with E-state index >= 15 is 0 Å². The van der Waals surface area contributed by atoms with Crippen molar-refractivity contribution in [3.63, 3.8) is 0 Å². The summed E-state index contributed by atoms with van der Waals surface area (Å²) in [5.74, 6) is 0.675. The van der Waals surface area contributed by atoms with E-state index in [2.05, 4.69) is 42.5 Å². The van der Waals surface area contributed by atoms with Gasteiger partial charge in [-0.2, -0.15) is 0 Å². The van der Waals surface area contributed by atoms with Crippen molar-refractivity contribution in [3.8, 4) is 11.5 Å². The average Bonchev–Trinajstić information content (AvgIpc) is 3.08. The van der Waals surface area contributed by atoms with E-state index in [-0.39, 0.29) is 34.4 Å². The third-order valence-corrected chi connectivity index (χ3v) is 10.9. The zero-order chi connectivity index (χ0) is 34.7. The van der Waals surface area contributed by atoms with Gasteiger partial charge >= 0.3 is 0 Å². The minimum absolute atomic E-state index is 0.0678. The number of fused-ring (bicyclic) bond motifs is 2. The van der Waals surface area contributed by atoms with E-state index in [0.29, 0.717) is 22.9 Å². The third kappa shape index (κ3) is 7.49. The lowest BCUT2D eigenvalue weighted by Gasteiger charge is -2.13. The standard InChI is InChI=1S/C38H30Br2N2O6S/c1-47-35-17-3-23-19-25(39)5-15-31(23)33(35)21-37(43)41-27-7-11-29(12-8-27)49(45,46)30-13-9-28(10-14-30)42-38(44)22-34-32-16-6-26(40)20-24(32)4-18-36(34)48-2/h3-20H,21-22H2,1-2H3,(H,41,43)(H,42,44). The summed E-state index contributed by atoms with van der Waals surface area (Å²) in [6.45, 7) is 0. The first-order valence-corrected chi connectivity index (χ1v) is 18.2. The Hall–Kier alpha value is -4.71. The molecule has 0 spiro atoms. The molecular formula is C38H30Br2N2O6S. The Labute approximate surface area is 300 Å². The van der Waals surface area contributed by atoms with Crippen LogP contribution in [0.25, 0.3) is 21.5 Å². The van der Waals surface area contributed by atoms with Crippen molar-refractivity contribution in [2.45, 2.75) is 22.6 Å². The number of hydrogen-bond donors (Lipinski definition) is 2. The average molecular weight is 803 g/mol. The quantitative estimate of drug-likeness (QED) is 0.143. The van der Waals surface area contributed by atoms with Gasteiger partial charge in [-0.3, -0.25) is 9.59 Å². The Morgan fingerprint density at radius 2 is 0.959 bits per heavy atom. The van der Waals surface area contributed by atoms with E-state index in [4.69, 9.17) is 9.47 Å². The number of amides is 2. The number of halogens is 2. The van der Waals surface area contributed by atoms with E-state index in [0.717, 1.165) is 41.6 Å². The number of rotatable bonds is 10. The van der Waals surface area contributed by atoms with Crippen molar-refractivity contribution in [3.05, 3.63) is 129 Å². The van der Waals surface area contributed by atoms with Crippen LogP contribution in [0, 0.1) is 0 Å². The van der Waals surface area contributed by atoms with Crippen LogP contribution in [0.15, 0.2) is 128 Å². The van der Waals surface area contributed by atoms with Crippen LogP contribution in [-0.2, 0) is 32.3 Å². The molecule has 0 fully saturated rings. The number of benzene rings is 6. The highest BCUT2D eigenvalue weighted by molar-refractivity contribution is 9.10. The molecule has 0 unspecified atom stereocenters. The molecule has 49 heavy (non-hydrogen) atoms. The highest BCUT2D eigenvalue weighted by atomic mass is 79.9. The number of sulfone groups is 1. The largest absolute Gasteiger partial charge is 0.496 e. The second-order valence-electron chi connectivity index (χ2n) is 11.2. The SMILES string of the molecule is COc1ccc2cc(Br)ccc2c1CC(=O)Nc1ccc(S(=O)(=O)c2ccc(NC(=O)Cc3c(OC)ccc4cc(Br)ccc34)cc2)cc1. The zero-order valence-corrected chi connectivity index (χ0v) is 30.4. The van der Waals surface area contributed by atoms with Crippen LogP contribution in [0.3, 0.4) is 0 Å². The van der Waals surface area contributed by atoms with Gasteiger partial charge in [0.05, 0.1) is 36.9 Å². The summed E-state index contributed by atoms with van der Waals surface area (Å²) in [5, 5.41) is 9.45. The molecule has 0 aromatic heterocycles. The number of hydrogen-bond acceptors (Lipinski definition) is 6. The smallest absolute Gasteiger partial charge is 0.228 e. The Morgan fingerprint density at radius 3 is 1.33 bits per heavy atom. The van der Waals surface area contributed by atoms with Gasteiger partial charge in [0.2, 0.25) is 21.7 Å². The van der Waals surface area contributed by atoms with Crippen LogP contribution in [0.1, 0.15) is 11.1 Å². The Kier molecular flexibility index (Phi) is 10.0. The lowest BCUT2D eigenvalue weighted by Crippen LogP contribution is -2.15. The van der Waals surface area contributed by atoms with E-state index in [9.17, 15) is 18.0 Å². The second kappa shape index (κ2) is 14.4. The second-order valence-corrected chi connectivity index (χ2v) is 15.0. The van der Waals surface area contributed by atoms with Crippen molar-refractivity contribution in [2.75, 3.05) is 24.9 Å². The molecule has 6 aromatic carbocycles. The van der Waals surface area contributed by atoms with Crippen molar-refractivity contribution in [1.82, 2.24) is 0 Å². The van der Waals surface area contributed by atoms with Crippen LogP contribution in [0.5, 0.6) is 11.5 Å². The monoisotopic (exact) mass is 800 g/mol. The van der Waals surface area contributed by atoms with Crippen LogP contribution < -0.4 is 20.1 Å².